The van der Waals surface area contributed by atoms with Gasteiger partial charge in [-0.2, -0.15) is 0 Å². The van der Waals surface area contributed by atoms with Gasteiger partial charge in [-0.3, -0.25) is 9.59 Å². The number of carbonyl (C=O) groups is 2. The first-order chi connectivity index (χ1) is 14.1. The number of hydrogen-bond donors (Lipinski definition) is 2. The maximum Gasteiger partial charge on any atom is 0.256 e. The van der Waals surface area contributed by atoms with E-state index in [1.165, 1.54) is 31.4 Å². The molecule has 0 radical (unpaired) electrons. The van der Waals surface area contributed by atoms with E-state index in [9.17, 15) is 18.0 Å². The molecule has 1 fully saturated rings. The Morgan fingerprint density at radius 3 is 2.63 bits per heavy atom. The molecule has 0 unspecified atom stereocenters. The number of hydrogen-bond acceptors (Lipinski definition) is 6. The van der Waals surface area contributed by atoms with Crippen LogP contribution in [-0.2, 0) is 21.4 Å². The van der Waals surface area contributed by atoms with Crippen molar-refractivity contribution in [3.8, 4) is 10.4 Å². The number of aromatic nitrogens is 1. The summed E-state index contributed by atoms with van der Waals surface area (Å²) in [7, 11) is -2.51. The molecule has 2 amide bonds. The number of nitrogens with zero attached hydrogens (tertiary/aromatic N) is 2. The van der Waals surface area contributed by atoms with Crippen molar-refractivity contribution in [2.45, 2.75) is 51.1 Å². The van der Waals surface area contributed by atoms with Gasteiger partial charge < -0.3 is 10.2 Å². The van der Waals surface area contributed by atoms with E-state index in [1.807, 2.05) is 19.9 Å². The Morgan fingerprint density at radius 2 is 2.03 bits per heavy atom. The molecule has 2 aliphatic rings. The van der Waals surface area contributed by atoms with Gasteiger partial charge >= 0.3 is 0 Å². The Bertz CT molecular complexity index is 1150. The minimum atomic E-state index is -3.85. The van der Waals surface area contributed by atoms with Gasteiger partial charge in [0, 0.05) is 19.5 Å². The fourth-order valence-corrected chi connectivity index (χ4v) is 5.91. The van der Waals surface area contributed by atoms with Gasteiger partial charge in [-0.25, -0.2) is 18.1 Å². The summed E-state index contributed by atoms with van der Waals surface area (Å²) < 4.78 is 27.9. The van der Waals surface area contributed by atoms with E-state index in [0.717, 1.165) is 17.7 Å². The third kappa shape index (κ3) is 3.63. The number of fused-ring (bicyclic) bond motifs is 1. The van der Waals surface area contributed by atoms with Gasteiger partial charge in [-0.1, -0.05) is 11.3 Å². The van der Waals surface area contributed by atoms with Crippen LogP contribution in [0.5, 0.6) is 0 Å². The summed E-state index contributed by atoms with van der Waals surface area (Å²) >= 11 is 1.28. The molecule has 2 N–H and O–H groups in total. The summed E-state index contributed by atoms with van der Waals surface area (Å²) in [5.74, 6) is 0.0267. The van der Waals surface area contributed by atoms with E-state index in [2.05, 4.69) is 15.0 Å². The van der Waals surface area contributed by atoms with Gasteiger partial charge in [0.2, 0.25) is 15.9 Å². The van der Waals surface area contributed by atoms with E-state index >= 15 is 0 Å². The first-order valence-electron chi connectivity index (χ1n) is 9.79. The fourth-order valence-electron chi connectivity index (χ4n) is 3.92. The second-order valence-electron chi connectivity index (χ2n) is 7.84. The van der Waals surface area contributed by atoms with Gasteiger partial charge in [0.15, 0.2) is 5.13 Å². The zero-order valence-electron chi connectivity index (χ0n) is 17.3. The van der Waals surface area contributed by atoms with Crippen molar-refractivity contribution in [3.05, 3.63) is 29.0 Å². The number of nitrogens with one attached hydrogen (secondary N) is 2. The van der Waals surface area contributed by atoms with Gasteiger partial charge in [0.1, 0.15) is 0 Å². The molecular formula is C20H24N4O4S2. The monoisotopic (exact) mass is 448 g/mol. The lowest BCUT2D eigenvalue weighted by molar-refractivity contribution is -0.114. The zero-order chi connectivity index (χ0) is 21.8. The van der Waals surface area contributed by atoms with E-state index in [1.54, 1.807) is 4.90 Å². The molecule has 10 heteroatoms. The maximum absolute atomic E-state index is 13.2. The molecular weight excluding hydrogens is 424 g/mol. The van der Waals surface area contributed by atoms with Crippen LogP contribution in [0, 0.1) is 12.8 Å². The number of thiazole rings is 1. The van der Waals surface area contributed by atoms with Crippen molar-refractivity contribution in [2.75, 3.05) is 12.4 Å². The van der Waals surface area contributed by atoms with Crippen molar-refractivity contribution >= 4 is 38.3 Å². The van der Waals surface area contributed by atoms with E-state index < -0.39 is 10.0 Å². The molecule has 0 bridgehead atoms. The summed E-state index contributed by atoms with van der Waals surface area (Å²) in [4.78, 5) is 31.4. The normalized spacial score (nSPS) is 17.2. The van der Waals surface area contributed by atoms with Crippen molar-refractivity contribution in [1.82, 2.24) is 14.6 Å². The molecule has 0 spiro atoms. The van der Waals surface area contributed by atoms with Crippen molar-refractivity contribution in [3.63, 3.8) is 0 Å². The Labute approximate surface area is 179 Å². The largest absolute Gasteiger partial charge is 0.331 e. The van der Waals surface area contributed by atoms with Crippen molar-refractivity contribution < 1.29 is 18.0 Å². The average Bonchev–Trinajstić information content (AvgIpc) is 3.40. The molecule has 2 heterocycles. The number of benzene rings is 1. The molecule has 1 atom stereocenters. The lowest BCUT2D eigenvalue weighted by Gasteiger charge is -2.24. The summed E-state index contributed by atoms with van der Waals surface area (Å²) in [6.07, 6.45) is 2.19. The van der Waals surface area contributed by atoms with Crippen molar-refractivity contribution in [2.24, 2.45) is 5.92 Å². The minimum absolute atomic E-state index is 0.0122. The van der Waals surface area contributed by atoms with E-state index in [4.69, 9.17) is 0 Å². The van der Waals surface area contributed by atoms with Crippen LogP contribution in [0.1, 0.15) is 48.3 Å². The Hall–Kier alpha value is -2.30. The smallest absolute Gasteiger partial charge is 0.256 e. The Morgan fingerprint density at radius 1 is 1.33 bits per heavy atom. The van der Waals surface area contributed by atoms with Crippen LogP contribution in [-0.4, -0.2) is 43.2 Å². The van der Waals surface area contributed by atoms with Crippen LogP contribution in [0.3, 0.4) is 0 Å². The lowest BCUT2D eigenvalue weighted by Crippen LogP contribution is -2.35. The van der Waals surface area contributed by atoms with Crippen LogP contribution in [0.15, 0.2) is 17.0 Å². The molecule has 1 aliphatic carbocycles. The fraction of sp³-hybridized carbons (Fsp3) is 0.450. The molecule has 4 rings (SSSR count). The predicted octanol–water partition coefficient (Wildman–Crippen LogP) is 2.74. The molecule has 8 nitrogen and oxygen atoms in total. The number of carbonyl (C=O) groups excluding carboxylic acids is 2. The topological polar surface area (TPSA) is 108 Å². The van der Waals surface area contributed by atoms with Crippen molar-refractivity contribution in [1.29, 1.82) is 0 Å². The van der Waals surface area contributed by atoms with Crippen LogP contribution in [0.25, 0.3) is 10.4 Å². The third-order valence-corrected chi connectivity index (χ3v) is 8.26. The van der Waals surface area contributed by atoms with Crippen LogP contribution in [0.4, 0.5) is 5.13 Å². The van der Waals surface area contributed by atoms with Crippen LogP contribution < -0.4 is 10.0 Å². The number of aryl methyl sites for hydroxylation is 1. The second kappa shape index (κ2) is 7.44. The number of amides is 2. The molecule has 1 aromatic carbocycles. The summed E-state index contributed by atoms with van der Waals surface area (Å²) in [5, 5.41) is 3.12. The molecule has 160 valence electrons. The van der Waals surface area contributed by atoms with E-state index in [0.29, 0.717) is 34.4 Å². The molecule has 0 saturated heterocycles. The quantitative estimate of drug-likeness (QED) is 0.706. The number of sulfonamides is 1. The Kier molecular flexibility index (Phi) is 5.19. The molecule has 30 heavy (non-hydrogen) atoms. The predicted molar refractivity (Wildman–Crippen MR) is 115 cm³/mol. The molecule has 1 aliphatic heterocycles. The Balaban J connectivity index is 1.84. The maximum atomic E-state index is 13.2. The molecule has 2 aromatic rings. The SMILES string of the molecule is CNS(=O)(=O)c1cc(-c2sc(NC(C)=O)nc2C)cc2c1C(=O)N([C@@H](C)C1CC1)C2. The third-order valence-electron chi connectivity index (χ3n) is 5.70. The van der Waals surface area contributed by atoms with Crippen LogP contribution in [0.2, 0.25) is 0 Å². The minimum Gasteiger partial charge on any atom is -0.331 e. The van der Waals surface area contributed by atoms with E-state index in [-0.39, 0.29) is 28.3 Å². The first-order valence-corrected chi connectivity index (χ1v) is 12.1. The van der Waals surface area contributed by atoms with Gasteiger partial charge in [-0.15, -0.1) is 0 Å². The highest BCUT2D eigenvalue weighted by atomic mass is 32.2. The summed E-state index contributed by atoms with van der Waals surface area (Å²) in [6, 6.07) is 3.49. The van der Waals surface area contributed by atoms with Gasteiger partial charge in [0.25, 0.3) is 5.91 Å². The van der Waals surface area contributed by atoms with Gasteiger partial charge in [0.05, 0.1) is 21.0 Å². The molecule has 1 aromatic heterocycles. The lowest BCUT2D eigenvalue weighted by atomic mass is 10.0. The summed E-state index contributed by atoms with van der Waals surface area (Å²) in [6.45, 7) is 5.64. The standard InChI is InChI=1S/C20H24N4O4S2/c1-10-18(29-20(22-10)23-12(3)25)14-7-15-9-24(11(2)13-5-6-13)19(26)17(15)16(8-14)30(27,28)21-4/h7-8,11,13,21H,5-6,9H2,1-4H3,(H,22,23,25)/t11-/m0/s1. The highest BCUT2D eigenvalue weighted by molar-refractivity contribution is 7.89. The van der Waals surface area contributed by atoms with Crippen LogP contribution >= 0.6 is 11.3 Å². The first kappa shape index (κ1) is 21.0. The highest BCUT2D eigenvalue weighted by Crippen LogP contribution is 2.42. The zero-order valence-corrected chi connectivity index (χ0v) is 18.9. The summed E-state index contributed by atoms with van der Waals surface area (Å²) in [5.41, 5.74) is 2.31. The average molecular weight is 449 g/mol. The number of anilines is 1. The number of rotatable bonds is 6. The second-order valence-corrected chi connectivity index (χ2v) is 10.7. The highest BCUT2D eigenvalue weighted by Gasteiger charge is 2.41. The molecule has 1 saturated carbocycles. The van der Waals surface area contributed by atoms with Gasteiger partial charge in [-0.05, 0) is 62.9 Å².